The number of benzene rings is 1. The van der Waals surface area contributed by atoms with Gasteiger partial charge < -0.3 is 23.8 Å². The molecule has 0 N–H and O–H groups in total. The molecule has 2 saturated heterocycles. The number of piperidine rings is 1. The van der Waals surface area contributed by atoms with Gasteiger partial charge in [0.15, 0.2) is 0 Å². The lowest BCUT2D eigenvalue weighted by Gasteiger charge is -2.41. The van der Waals surface area contributed by atoms with Gasteiger partial charge in [-0.1, -0.05) is 12.1 Å². The fourth-order valence-electron chi connectivity index (χ4n) is 5.56. The quantitative estimate of drug-likeness (QED) is 0.538. The minimum Gasteiger partial charge on any atom is -0.490 e. The van der Waals surface area contributed by atoms with Gasteiger partial charge in [0, 0.05) is 19.2 Å². The molecule has 0 radical (unpaired) electrons. The van der Waals surface area contributed by atoms with Crippen molar-refractivity contribution in [2.75, 3.05) is 13.7 Å². The Hall–Kier alpha value is -1.79. The minimum absolute atomic E-state index is 0.155. The maximum atomic E-state index is 12.7. The van der Waals surface area contributed by atoms with Gasteiger partial charge in [0.2, 0.25) is 0 Å². The molecule has 33 heavy (non-hydrogen) atoms. The van der Waals surface area contributed by atoms with E-state index in [4.69, 9.17) is 18.9 Å². The van der Waals surface area contributed by atoms with E-state index in [2.05, 4.69) is 24.3 Å². The summed E-state index contributed by atoms with van der Waals surface area (Å²) in [5, 5.41) is 0. The third-order valence-electron chi connectivity index (χ3n) is 7.12. The van der Waals surface area contributed by atoms with Crippen molar-refractivity contribution >= 4 is 6.09 Å². The van der Waals surface area contributed by atoms with Crippen LogP contribution in [0.25, 0.3) is 0 Å². The maximum Gasteiger partial charge on any atom is 0.410 e. The molecule has 6 nitrogen and oxygen atoms in total. The summed E-state index contributed by atoms with van der Waals surface area (Å²) in [5.74, 6) is 0.951. The molecule has 6 heteroatoms. The molecule has 1 aromatic carbocycles. The monoisotopic (exact) mass is 459 g/mol. The summed E-state index contributed by atoms with van der Waals surface area (Å²) >= 11 is 0. The standard InChI is InChI=1S/C27H41NO5/c1-27(2,3)33-26(29)28-20-7-8-21(28)18-25(17-20)32-24-13-11-23(12-14-24)31-22-9-5-19(6-10-22)15-16-30-4/h5-6,9-10,20-21,23-25H,7-8,11-18H2,1-4H3/t20-,21-,23?,24?/m0/s1. The van der Waals surface area contributed by atoms with E-state index in [9.17, 15) is 4.79 Å². The number of nitrogens with zero attached hydrogens (tertiary/aromatic N) is 1. The van der Waals surface area contributed by atoms with Crippen molar-refractivity contribution in [1.29, 1.82) is 0 Å². The van der Waals surface area contributed by atoms with Gasteiger partial charge in [-0.15, -0.1) is 0 Å². The first-order valence-electron chi connectivity index (χ1n) is 12.7. The molecule has 1 saturated carbocycles. The zero-order valence-corrected chi connectivity index (χ0v) is 20.8. The highest BCUT2D eigenvalue weighted by molar-refractivity contribution is 5.69. The minimum atomic E-state index is -0.448. The van der Waals surface area contributed by atoms with Crippen molar-refractivity contribution in [3.63, 3.8) is 0 Å². The fourth-order valence-corrected chi connectivity index (χ4v) is 5.56. The van der Waals surface area contributed by atoms with Crippen LogP contribution in [0.4, 0.5) is 4.79 Å². The van der Waals surface area contributed by atoms with E-state index < -0.39 is 5.60 Å². The van der Waals surface area contributed by atoms with Crippen LogP contribution in [-0.2, 0) is 20.6 Å². The van der Waals surface area contributed by atoms with Gasteiger partial charge in [0.25, 0.3) is 0 Å². The molecule has 0 spiro atoms. The average molecular weight is 460 g/mol. The van der Waals surface area contributed by atoms with Gasteiger partial charge in [-0.2, -0.15) is 0 Å². The summed E-state index contributed by atoms with van der Waals surface area (Å²) in [5.41, 5.74) is 0.824. The van der Waals surface area contributed by atoms with Crippen LogP contribution in [0.3, 0.4) is 0 Å². The lowest BCUT2D eigenvalue weighted by molar-refractivity contribution is -0.0812. The number of carbonyl (C=O) groups is 1. The molecule has 0 unspecified atom stereocenters. The SMILES string of the molecule is COCCc1ccc(OC2CCC(OC3C[C@@H]4CC[C@@H](C3)N4C(=O)OC(C)(C)C)CC2)cc1. The second-order valence-electron chi connectivity index (χ2n) is 10.9. The molecular formula is C27H41NO5. The number of rotatable bonds is 7. The van der Waals surface area contributed by atoms with Crippen LogP contribution < -0.4 is 4.74 Å². The van der Waals surface area contributed by atoms with Crippen molar-refractivity contribution in [3.05, 3.63) is 29.8 Å². The summed E-state index contributed by atoms with van der Waals surface area (Å²) in [7, 11) is 1.73. The van der Waals surface area contributed by atoms with E-state index in [-0.39, 0.29) is 30.4 Å². The molecule has 0 aromatic heterocycles. The van der Waals surface area contributed by atoms with Crippen LogP contribution in [0.15, 0.2) is 24.3 Å². The molecular weight excluding hydrogens is 418 g/mol. The van der Waals surface area contributed by atoms with Gasteiger partial charge in [0.05, 0.1) is 24.9 Å². The Balaban J connectivity index is 1.20. The van der Waals surface area contributed by atoms with Gasteiger partial charge in [-0.05, 0) is 96.3 Å². The van der Waals surface area contributed by atoms with Crippen LogP contribution >= 0.6 is 0 Å². The normalized spacial score (nSPS) is 29.7. The van der Waals surface area contributed by atoms with E-state index >= 15 is 0 Å². The molecule has 1 aromatic rings. The molecule has 2 bridgehead atoms. The molecule has 184 valence electrons. The number of amides is 1. The third kappa shape index (κ3) is 6.63. The van der Waals surface area contributed by atoms with Crippen molar-refractivity contribution in [2.24, 2.45) is 0 Å². The van der Waals surface area contributed by atoms with Gasteiger partial charge in [-0.25, -0.2) is 4.79 Å². The first-order valence-corrected chi connectivity index (χ1v) is 12.7. The first kappa shape index (κ1) is 24.3. The predicted molar refractivity (Wildman–Crippen MR) is 128 cm³/mol. The predicted octanol–water partition coefficient (Wildman–Crippen LogP) is 5.51. The topological polar surface area (TPSA) is 57.2 Å². The average Bonchev–Trinajstić information content (AvgIpc) is 3.04. The fraction of sp³-hybridized carbons (Fsp3) is 0.741. The summed E-state index contributed by atoms with van der Waals surface area (Å²) < 4.78 is 23.6. The lowest BCUT2D eigenvalue weighted by atomic mass is 9.93. The Morgan fingerprint density at radius 1 is 0.909 bits per heavy atom. The Morgan fingerprint density at radius 2 is 1.52 bits per heavy atom. The van der Waals surface area contributed by atoms with Crippen LogP contribution in [0, 0.1) is 0 Å². The van der Waals surface area contributed by atoms with Crippen molar-refractivity contribution < 1.29 is 23.7 Å². The molecule has 4 rings (SSSR count). The zero-order valence-electron chi connectivity index (χ0n) is 20.8. The summed E-state index contributed by atoms with van der Waals surface area (Å²) in [6.07, 6.45) is 9.72. The van der Waals surface area contributed by atoms with E-state index in [0.717, 1.165) is 70.1 Å². The molecule has 2 aliphatic heterocycles. The second kappa shape index (κ2) is 10.6. The molecule has 3 aliphatic rings. The van der Waals surface area contributed by atoms with Crippen molar-refractivity contribution in [2.45, 2.75) is 115 Å². The Kier molecular flexibility index (Phi) is 7.85. The lowest BCUT2D eigenvalue weighted by Crippen LogP contribution is -2.50. The number of hydrogen-bond acceptors (Lipinski definition) is 5. The van der Waals surface area contributed by atoms with Crippen LogP contribution in [0.5, 0.6) is 5.75 Å². The highest BCUT2D eigenvalue weighted by Crippen LogP contribution is 2.39. The van der Waals surface area contributed by atoms with Gasteiger partial charge >= 0.3 is 6.09 Å². The van der Waals surface area contributed by atoms with Crippen molar-refractivity contribution in [1.82, 2.24) is 4.90 Å². The zero-order chi connectivity index (χ0) is 23.4. The maximum absolute atomic E-state index is 12.7. The largest absolute Gasteiger partial charge is 0.490 e. The van der Waals surface area contributed by atoms with E-state index in [1.54, 1.807) is 7.11 Å². The van der Waals surface area contributed by atoms with Crippen LogP contribution in [-0.4, -0.2) is 60.7 Å². The Morgan fingerprint density at radius 3 is 2.09 bits per heavy atom. The molecule has 2 heterocycles. The second-order valence-corrected chi connectivity index (χ2v) is 10.9. The van der Waals surface area contributed by atoms with E-state index in [1.807, 2.05) is 25.7 Å². The molecule has 3 fully saturated rings. The van der Waals surface area contributed by atoms with Crippen LogP contribution in [0.2, 0.25) is 0 Å². The van der Waals surface area contributed by atoms with Crippen LogP contribution in [0.1, 0.15) is 77.7 Å². The Bertz CT molecular complexity index is 752. The molecule has 2 atom stereocenters. The summed E-state index contributed by atoms with van der Waals surface area (Å²) in [4.78, 5) is 14.7. The molecule has 1 aliphatic carbocycles. The highest BCUT2D eigenvalue weighted by atomic mass is 16.6. The summed E-state index contributed by atoms with van der Waals surface area (Å²) in [6.45, 7) is 6.54. The first-order chi connectivity index (χ1) is 15.8. The summed E-state index contributed by atoms with van der Waals surface area (Å²) in [6, 6.07) is 8.91. The van der Waals surface area contributed by atoms with Gasteiger partial charge in [-0.3, -0.25) is 0 Å². The van der Waals surface area contributed by atoms with E-state index in [1.165, 1.54) is 5.56 Å². The molecule has 1 amide bonds. The van der Waals surface area contributed by atoms with Crippen molar-refractivity contribution in [3.8, 4) is 5.75 Å². The number of fused-ring (bicyclic) bond motifs is 2. The third-order valence-corrected chi connectivity index (χ3v) is 7.12. The van der Waals surface area contributed by atoms with Gasteiger partial charge in [0.1, 0.15) is 11.4 Å². The number of hydrogen-bond donors (Lipinski definition) is 0. The number of methoxy groups -OCH3 is 1. The number of carbonyl (C=O) groups excluding carboxylic acids is 1. The number of ether oxygens (including phenoxy) is 4. The smallest absolute Gasteiger partial charge is 0.410 e. The van der Waals surface area contributed by atoms with E-state index in [0.29, 0.717) is 6.10 Å². The Labute approximate surface area is 198 Å². The highest BCUT2D eigenvalue weighted by Gasteiger charge is 2.45.